The van der Waals surface area contributed by atoms with Crippen LogP contribution in [0.4, 0.5) is 5.69 Å². The summed E-state index contributed by atoms with van der Waals surface area (Å²) in [6.45, 7) is 3.02. The second-order valence-electron chi connectivity index (χ2n) is 6.96. The second-order valence-corrected chi connectivity index (χ2v) is 9.43. The van der Waals surface area contributed by atoms with Gasteiger partial charge in [0.1, 0.15) is 5.15 Å². The lowest BCUT2D eigenvalue weighted by atomic mass is 9.82. The van der Waals surface area contributed by atoms with E-state index in [0.29, 0.717) is 11.1 Å². The lowest BCUT2D eigenvalue weighted by Crippen LogP contribution is -2.31. The third kappa shape index (κ3) is 3.50. The molecule has 0 radical (unpaired) electrons. The zero-order valence-electron chi connectivity index (χ0n) is 14.9. The molecule has 6 heteroatoms. The van der Waals surface area contributed by atoms with E-state index in [-0.39, 0.29) is 6.04 Å². The van der Waals surface area contributed by atoms with Crippen LogP contribution >= 0.6 is 34.3 Å². The van der Waals surface area contributed by atoms with Crippen molar-refractivity contribution in [2.24, 2.45) is 5.73 Å². The first-order chi connectivity index (χ1) is 12.7. The molecule has 3 nitrogen and oxygen atoms in total. The molecule has 138 valence electrons. The number of nitrogens with zero attached hydrogens (tertiary/aromatic N) is 1. The van der Waals surface area contributed by atoms with Gasteiger partial charge in [0.2, 0.25) is 0 Å². The van der Waals surface area contributed by atoms with Crippen molar-refractivity contribution in [3.05, 3.63) is 44.1 Å². The first-order valence-electron chi connectivity index (χ1n) is 9.31. The summed E-state index contributed by atoms with van der Waals surface area (Å²) in [5.74, 6) is 0.460. The molecular formula is C20H24ClN3S2. The number of hydrogen-bond donors (Lipinski definition) is 2. The van der Waals surface area contributed by atoms with E-state index in [1.54, 1.807) is 11.3 Å². The van der Waals surface area contributed by atoms with Gasteiger partial charge in [-0.2, -0.15) is 0 Å². The first kappa shape index (κ1) is 18.2. The van der Waals surface area contributed by atoms with Gasteiger partial charge in [0.05, 0.1) is 15.9 Å². The minimum atomic E-state index is 0.264. The van der Waals surface area contributed by atoms with E-state index in [2.05, 4.69) is 29.8 Å². The van der Waals surface area contributed by atoms with Gasteiger partial charge in [-0.1, -0.05) is 37.4 Å². The summed E-state index contributed by atoms with van der Waals surface area (Å²) in [7, 11) is 0. The maximum atomic E-state index is 6.49. The van der Waals surface area contributed by atoms with Crippen molar-refractivity contribution in [1.29, 1.82) is 0 Å². The molecule has 1 saturated carbocycles. The molecule has 0 unspecified atom stereocenters. The number of nitrogens with one attached hydrogen (secondary N) is 1. The molecule has 0 saturated heterocycles. The Bertz CT molecular complexity index is 888. The molecule has 1 aliphatic carbocycles. The molecule has 4 rings (SSSR count). The topological polar surface area (TPSA) is 50.9 Å². The largest absolute Gasteiger partial charge is 0.379 e. The standard InChI is InChI=1S/C20H24ClN3S2/c1-2-13-18-20(26-19(13)14-7-3-4-8-15(14)22)16(10-17(21)24-18)23-11-12-6-5-9-25-12/h5-6,9-10,14-15H,2-4,7-8,11,22H2,1H3,(H,23,24)/t14-,15-/m1/s1. The van der Waals surface area contributed by atoms with Crippen molar-refractivity contribution < 1.29 is 0 Å². The second kappa shape index (κ2) is 7.85. The van der Waals surface area contributed by atoms with E-state index in [1.165, 1.54) is 39.3 Å². The fraction of sp³-hybridized carbons (Fsp3) is 0.450. The molecule has 3 heterocycles. The minimum absolute atomic E-state index is 0.264. The van der Waals surface area contributed by atoms with Gasteiger partial charge in [-0.05, 0) is 36.3 Å². The third-order valence-corrected chi connectivity index (χ3v) is 7.74. The Labute approximate surface area is 167 Å². The van der Waals surface area contributed by atoms with Crippen molar-refractivity contribution in [1.82, 2.24) is 4.98 Å². The number of aryl methyl sites for hydroxylation is 1. The molecule has 0 aromatic carbocycles. The Morgan fingerprint density at radius 2 is 2.19 bits per heavy atom. The summed E-state index contributed by atoms with van der Waals surface area (Å²) in [6, 6.07) is 6.45. The van der Waals surface area contributed by atoms with Gasteiger partial charge < -0.3 is 11.1 Å². The van der Waals surface area contributed by atoms with Gasteiger partial charge in [0.25, 0.3) is 0 Å². The van der Waals surface area contributed by atoms with Gasteiger partial charge in [0, 0.05) is 34.3 Å². The minimum Gasteiger partial charge on any atom is -0.379 e. The summed E-state index contributed by atoms with van der Waals surface area (Å²) in [6.07, 6.45) is 5.80. The smallest absolute Gasteiger partial charge is 0.131 e. The molecule has 26 heavy (non-hydrogen) atoms. The number of pyridine rings is 1. The number of anilines is 1. The van der Waals surface area contributed by atoms with Crippen LogP contribution in [0.3, 0.4) is 0 Å². The molecule has 3 N–H and O–H groups in total. The molecular weight excluding hydrogens is 382 g/mol. The molecule has 0 spiro atoms. The third-order valence-electron chi connectivity index (χ3n) is 5.28. The van der Waals surface area contributed by atoms with Crippen LogP contribution in [0.25, 0.3) is 10.2 Å². The Hall–Kier alpha value is -1.14. The van der Waals surface area contributed by atoms with E-state index in [0.717, 1.165) is 30.6 Å². The van der Waals surface area contributed by atoms with E-state index in [9.17, 15) is 0 Å². The zero-order valence-corrected chi connectivity index (χ0v) is 17.3. The summed E-state index contributed by atoms with van der Waals surface area (Å²) in [5.41, 5.74) is 9.98. The lowest BCUT2D eigenvalue weighted by molar-refractivity contribution is 0.388. The number of nitrogens with two attached hydrogens (primary N) is 1. The highest BCUT2D eigenvalue weighted by atomic mass is 35.5. The maximum Gasteiger partial charge on any atom is 0.131 e. The molecule has 1 fully saturated rings. The molecule has 2 atom stereocenters. The van der Waals surface area contributed by atoms with E-state index in [1.807, 2.05) is 17.4 Å². The monoisotopic (exact) mass is 405 g/mol. The van der Waals surface area contributed by atoms with Gasteiger partial charge in [-0.25, -0.2) is 4.98 Å². The molecule has 0 aliphatic heterocycles. The highest BCUT2D eigenvalue weighted by molar-refractivity contribution is 7.20. The molecule has 3 aromatic rings. The zero-order chi connectivity index (χ0) is 18.1. The average molecular weight is 406 g/mol. The molecule has 1 aliphatic rings. The Morgan fingerprint density at radius 3 is 2.92 bits per heavy atom. The van der Waals surface area contributed by atoms with Crippen LogP contribution in [0.2, 0.25) is 5.15 Å². The number of rotatable bonds is 5. The number of fused-ring (bicyclic) bond motifs is 1. The first-order valence-corrected chi connectivity index (χ1v) is 11.4. The van der Waals surface area contributed by atoms with Crippen LogP contribution in [0.15, 0.2) is 23.6 Å². The number of halogens is 1. The highest BCUT2D eigenvalue weighted by Gasteiger charge is 2.28. The van der Waals surface area contributed by atoms with Crippen LogP contribution in [-0.4, -0.2) is 11.0 Å². The fourth-order valence-electron chi connectivity index (χ4n) is 3.95. The SMILES string of the molecule is CCc1c([C@@H]2CCCC[C@H]2N)sc2c(NCc3cccs3)cc(Cl)nc12. The van der Waals surface area contributed by atoms with Crippen molar-refractivity contribution in [2.45, 2.75) is 57.5 Å². The summed E-state index contributed by atoms with van der Waals surface area (Å²) >= 11 is 10.0. The Kier molecular flexibility index (Phi) is 5.50. The van der Waals surface area contributed by atoms with Gasteiger partial charge >= 0.3 is 0 Å². The number of thiophene rings is 2. The van der Waals surface area contributed by atoms with Crippen molar-refractivity contribution in [2.75, 3.05) is 5.32 Å². The molecule has 3 aromatic heterocycles. The lowest BCUT2D eigenvalue weighted by Gasteiger charge is -2.28. The molecule has 0 bridgehead atoms. The van der Waals surface area contributed by atoms with Crippen molar-refractivity contribution >= 4 is 50.2 Å². The summed E-state index contributed by atoms with van der Waals surface area (Å²) < 4.78 is 1.22. The van der Waals surface area contributed by atoms with Gasteiger partial charge in [0.15, 0.2) is 0 Å². The highest BCUT2D eigenvalue weighted by Crippen LogP contribution is 2.44. The van der Waals surface area contributed by atoms with Crippen LogP contribution in [-0.2, 0) is 13.0 Å². The van der Waals surface area contributed by atoms with E-state index < -0.39 is 0 Å². The fourth-order valence-corrected chi connectivity index (χ4v) is 6.32. The maximum absolute atomic E-state index is 6.49. The van der Waals surface area contributed by atoms with Crippen LogP contribution in [0.1, 0.15) is 53.8 Å². The summed E-state index contributed by atoms with van der Waals surface area (Å²) in [4.78, 5) is 7.44. The van der Waals surface area contributed by atoms with E-state index >= 15 is 0 Å². The normalized spacial score (nSPS) is 20.6. The van der Waals surface area contributed by atoms with Gasteiger partial charge in [-0.15, -0.1) is 22.7 Å². The number of hydrogen-bond acceptors (Lipinski definition) is 5. The van der Waals surface area contributed by atoms with E-state index in [4.69, 9.17) is 22.3 Å². The summed E-state index contributed by atoms with van der Waals surface area (Å²) in [5, 5.41) is 6.23. The Morgan fingerprint density at radius 1 is 1.35 bits per heavy atom. The van der Waals surface area contributed by atoms with Gasteiger partial charge in [-0.3, -0.25) is 0 Å². The number of aromatic nitrogens is 1. The van der Waals surface area contributed by atoms with Crippen LogP contribution in [0, 0.1) is 0 Å². The van der Waals surface area contributed by atoms with Crippen LogP contribution < -0.4 is 11.1 Å². The van der Waals surface area contributed by atoms with Crippen LogP contribution in [0.5, 0.6) is 0 Å². The quantitative estimate of drug-likeness (QED) is 0.499. The molecule has 0 amide bonds. The van der Waals surface area contributed by atoms with Crippen molar-refractivity contribution in [3.8, 4) is 0 Å². The predicted octanol–water partition coefficient (Wildman–Crippen LogP) is 6.17. The predicted molar refractivity (Wildman–Crippen MR) is 115 cm³/mol. The average Bonchev–Trinajstić information content (AvgIpc) is 3.27. The van der Waals surface area contributed by atoms with Crippen molar-refractivity contribution in [3.63, 3.8) is 0 Å². The Balaban J connectivity index is 1.75.